The van der Waals surface area contributed by atoms with Gasteiger partial charge in [-0.05, 0) is 26.3 Å². The SMILES string of the molecule is CC.CC.Cc1ccc(/C=N/OC(C)C)cc1. The van der Waals surface area contributed by atoms with Crippen LogP contribution < -0.4 is 0 Å². The maximum Gasteiger partial charge on any atom is 0.122 e. The Bertz CT molecular complexity index is 275. The Morgan fingerprint density at radius 2 is 1.47 bits per heavy atom. The summed E-state index contributed by atoms with van der Waals surface area (Å²) in [6.45, 7) is 14.0. The predicted octanol–water partition coefficient (Wildman–Crippen LogP) is 4.81. The zero-order valence-electron chi connectivity index (χ0n) is 12.3. The molecule has 0 heterocycles. The summed E-state index contributed by atoms with van der Waals surface area (Å²) < 4.78 is 0. The third-order valence-electron chi connectivity index (χ3n) is 1.55. The average molecular weight is 237 g/mol. The molecule has 98 valence electrons. The van der Waals surface area contributed by atoms with Crippen LogP contribution in [0.15, 0.2) is 29.4 Å². The highest BCUT2D eigenvalue weighted by molar-refractivity contribution is 5.79. The Hall–Kier alpha value is -1.31. The lowest BCUT2D eigenvalue weighted by atomic mass is 10.2. The van der Waals surface area contributed by atoms with Crippen molar-refractivity contribution in [2.75, 3.05) is 0 Å². The minimum Gasteiger partial charge on any atom is -0.393 e. The second kappa shape index (κ2) is 12.8. The first-order valence-corrected chi connectivity index (χ1v) is 6.44. The van der Waals surface area contributed by atoms with Gasteiger partial charge in [0.25, 0.3) is 0 Å². The van der Waals surface area contributed by atoms with Crippen molar-refractivity contribution in [1.29, 1.82) is 0 Å². The van der Waals surface area contributed by atoms with E-state index >= 15 is 0 Å². The van der Waals surface area contributed by atoms with E-state index in [4.69, 9.17) is 4.84 Å². The smallest absolute Gasteiger partial charge is 0.122 e. The van der Waals surface area contributed by atoms with Crippen LogP contribution in [0.4, 0.5) is 0 Å². The van der Waals surface area contributed by atoms with E-state index in [2.05, 4.69) is 24.2 Å². The van der Waals surface area contributed by atoms with Crippen molar-refractivity contribution in [3.05, 3.63) is 35.4 Å². The summed E-state index contributed by atoms with van der Waals surface area (Å²) in [5.74, 6) is 0. The Balaban J connectivity index is 0. The van der Waals surface area contributed by atoms with Gasteiger partial charge in [-0.2, -0.15) is 0 Å². The number of hydrogen-bond acceptors (Lipinski definition) is 2. The van der Waals surface area contributed by atoms with Crippen LogP contribution in [0.5, 0.6) is 0 Å². The molecule has 0 saturated heterocycles. The van der Waals surface area contributed by atoms with E-state index in [1.54, 1.807) is 6.21 Å². The van der Waals surface area contributed by atoms with Gasteiger partial charge in [0.05, 0.1) is 6.21 Å². The number of nitrogens with zero attached hydrogens (tertiary/aromatic N) is 1. The Morgan fingerprint density at radius 3 is 1.88 bits per heavy atom. The van der Waals surface area contributed by atoms with Crippen LogP contribution in [0, 0.1) is 6.92 Å². The van der Waals surface area contributed by atoms with Crippen molar-refractivity contribution >= 4 is 6.21 Å². The topological polar surface area (TPSA) is 21.6 Å². The van der Waals surface area contributed by atoms with Crippen LogP contribution in [-0.2, 0) is 4.84 Å². The molecule has 0 radical (unpaired) electrons. The second-order valence-electron chi connectivity index (χ2n) is 3.30. The standard InChI is InChI=1S/C11H15NO.2C2H6/c1-9(2)13-12-8-11-6-4-10(3)5-7-11;2*1-2/h4-9H,1-3H3;2*1-2H3/b12-8+;;. The third-order valence-corrected chi connectivity index (χ3v) is 1.55. The van der Waals surface area contributed by atoms with Gasteiger partial charge in [-0.25, -0.2) is 0 Å². The van der Waals surface area contributed by atoms with Crippen molar-refractivity contribution in [3.8, 4) is 0 Å². The summed E-state index contributed by atoms with van der Waals surface area (Å²) in [5.41, 5.74) is 2.31. The molecule has 0 aliphatic heterocycles. The van der Waals surface area contributed by atoms with Crippen LogP contribution in [0.1, 0.15) is 52.7 Å². The van der Waals surface area contributed by atoms with Gasteiger partial charge in [0.15, 0.2) is 0 Å². The van der Waals surface area contributed by atoms with Gasteiger partial charge in [0.1, 0.15) is 6.10 Å². The fourth-order valence-corrected chi connectivity index (χ4v) is 0.866. The summed E-state index contributed by atoms with van der Waals surface area (Å²) in [5, 5.41) is 3.85. The van der Waals surface area contributed by atoms with Gasteiger partial charge in [0, 0.05) is 0 Å². The summed E-state index contributed by atoms with van der Waals surface area (Å²) >= 11 is 0. The van der Waals surface area contributed by atoms with E-state index in [1.807, 2.05) is 53.7 Å². The van der Waals surface area contributed by atoms with Gasteiger partial charge in [-0.3, -0.25) is 0 Å². The molecule has 0 bridgehead atoms. The zero-order chi connectivity index (χ0) is 13.7. The second-order valence-corrected chi connectivity index (χ2v) is 3.30. The summed E-state index contributed by atoms with van der Waals surface area (Å²) in [6, 6.07) is 8.14. The molecule has 0 amide bonds. The maximum absolute atomic E-state index is 5.05. The summed E-state index contributed by atoms with van der Waals surface area (Å²) in [7, 11) is 0. The number of benzene rings is 1. The molecule has 0 aliphatic carbocycles. The van der Waals surface area contributed by atoms with E-state index in [0.717, 1.165) is 5.56 Å². The lowest BCUT2D eigenvalue weighted by molar-refractivity contribution is 0.0874. The van der Waals surface area contributed by atoms with Crippen molar-refractivity contribution in [1.82, 2.24) is 0 Å². The van der Waals surface area contributed by atoms with Crippen molar-refractivity contribution in [2.45, 2.75) is 54.6 Å². The molecule has 0 saturated carbocycles. The molecule has 2 nitrogen and oxygen atoms in total. The molecule has 1 aromatic rings. The molecule has 0 fully saturated rings. The summed E-state index contributed by atoms with van der Waals surface area (Å²) in [6.07, 6.45) is 1.86. The van der Waals surface area contributed by atoms with Crippen molar-refractivity contribution in [3.63, 3.8) is 0 Å². The first-order valence-electron chi connectivity index (χ1n) is 6.44. The highest BCUT2D eigenvalue weighted by Crippen LogP contribution is 2.00. The van der Waals surface area contributed by atoms with E-state index in [0.29, 0.717) is 0 Å². The van der Waals surface area contributed by atoms with Gasteiger partial charge in [-0.1, -0.05) is 62.7 Å². The molecule has 0 atom stereocenters. The molecule has 2 heteroatoms. The van der Waals surface area contributed by atoms with Gasteiger partial charge < -0.3 is 4.84 Å². The minimum atomic E-state index is 0.140. The molecule has 0 aromatic heterocycles. The zero-order valence-corrected chi connectivity index (χ0v) is 12.3. The Morgan fingerprint density at radius 1 is 1.00 bits per heavy atom. The van der Waals surface area contributed by atoms with Gasteiger partial charge in [0.2, 0.25) is 0 Å². The van der Waals surface area contributed by atoms with E-state index in [-0.39, 0.29) is 6.10 Å². The van der Waals surface area contributed by atoms with Crippen LogP contribution in [0.2, 0.25) is 0 Å². The lowest BCUT2D eigenvalue weighted by Crippen LogP contribution is -1.96. The number of hydrogen-bond donors (Lipinski definition) is 0. The molecule has 0 aliphatic rings. The van der Waals surface area contributed by atoms with Crippen LogP contribution in [0.25, 0.3) is 0 Å². The highest BCUT2D eigenvalue weighted by Gasteiger charge is 1.89. The number of oxime groups is 1. The van der Waals surface area contributed by atoms with E-state index in [9.17, 15) is 0 Å². The predicted molar refractivity (Wildman–Crippen MR) is 77.7 cm³/mol. The fraction of sp³-hybridized carbons (Fsp3) is 0.533. The average Bonchev–Trinajstić information content (AvgIpc) is 2.36. The highest BCUT2D eigenvalue weighted by atomic mass is 16.6. The van der Waals surface area contributed by atoms with Crippen molar-refractivity contribution < 1.29 is 4.84 Å². The molecule has 0 unspecified atom stereocenters. The maximum atomic E-state index is 5.05. The number of rotatable bonds is 3. The van der Waals surface area contributed by atoms with Crippen molar-refractivity contribution in [2.24, 2.45) is 5.16 Å². The molecule has 1 rings (SSSR count). The lowest BCUT2D eigenvalue weighted by Gasteiger charge is -2.00. The normalized spacial score (nSPS) is 9.18. The third kappa shape index (κ3) is 11.0. The molecule has 1 aromatic carbocycles. The molecule has 17 heavy (non-hydrogen) atoms. The van der Waals surface area contributed by atoms with E-state index in [1.165, 1.54) is 5.56 Å². The Labute approximate surface area is 107 Å². The molecule has 0 spiro atoms. The first-order chi connectivity index (χ1) is 8.18. The fourth-order valence-electron chi connectivity index (χ4n) is 0.866. The molecule has 0 N–H and O–H groups in total. The Kier molecular flexibility index (Phi) is 13.6. The van der Waals surface area contributed by atoms with Crippen LogP contribution >= 0.6 is 0 Å². The summed E-state index contributed by atoms with van der Waals surface area (Å²) in [4.78, 5) is 5.05. The van der Waals surface area contributed by atoms with Crippen LogP contribution in [0.3, 0.4) is 0 Å². The number of aryl methyl sites for hydroxylation is 1. The van der Waals surface area contributed by atoms with Gasteiger partial charge in [-0.15, -0.1) is 0 Å². The van der Waals surface area contributed by atoms with Gasteiger partial charge >= 0.3 is 0 Å². The first kappa shape index (κ1) is 18.1. The van der Waals surface area contributed by atoms with Crippen LogP contribution in [-0.4, -0.2) is 12.3 Å². The largest absolute Gasteiger partial charge is 0.393 e. The quantitative estimate of drug-likeness (QED) is 0.546. The molecular weight excluding hydrogens is 210 g/mol. The monoisotopic (exact) mass is 237 g/mol. The molecular formula is C15H27NO. The van der Waals surface area contributed by atoms with E-state index < -0.39 is 0 Å². The minimum absolute atomic E-state index is 0.140.